The molecule has 0 radical (unpaired) electrons. The molecule has 108 valence electrons. The fraction of sp³-hybridized carbons (Fsp3) is 0.0667. The molecule has 0 aliphatic carbocycles. The van der Waals surface area contributed by atoms with Crippen molar-refractivity contribution in [1.29, 1.82) is 0 Å². The van der Waals surface area contributed by atoms with Crippen molar-refractivity contribution in [2.75, 3.05) is 11.9 Å². The molecule has 0 aromatic heterocycles. The Labute approximate surface area is 136 Å². The number of benzene rings is 2. The van der Waals surface area contributed by atoms with E-state index >= 15 is 0 Å². The first-order chi connectivity index (χ1) is 10.0. The van der Waals surface area contributed by atoms with Crippen LogP contribution in [0.2, 0.25) is 0 Å². The van der Waals surface area contributed by atoms with E-state index in [9.17, 15) is 4.79 Å². The Morgan fingerprint density at radius 2 is 2.00 bits per heavy atom. The summed E-state index contributed by atoms with van der Waals surface area (Å²) in [4.78, 5) is 12.4. The van der Waals surface area contributed by atoms with Gasteiger partial charge < -0.3 is 15.8 Å². The van der Waals surface area contributed by atoms with Gasteiger partial charge in [0, 0.05) is 21.8 Å². The molecule has 0 saturated heterocycles. The highest BCUT2D eigenvalue weighted by atomic mass is 79.9. The molecule has 0 saturated carbocycles. The van der Waals surface area contributed by atoms with Gasteiger partial charge in [-0.2, -0.15) is 0 Å². The van der Waals surface area contributed by atoms with Crippen LogP contribution in [-0.4, -0.2) is 17.5 Å². The summed E-state index contributed by atoms with van der Waals surface area (Å²) in [6.07, 6.45) is 0. The molecule has 0 bridgehead atoms. The quantitative estimate of drug-likeness (QED) is 0.798. The van der Waals surface area contributed by atoms with E-state index in [1.807, 2.05) is 6.07 Å². The van der Waals surface area contributed by atoms with Crippen molar-refractivity contribution in [3.05, 3.63) is 58.6 Å². The minimum absolute atomic E-state index is 0.165. The third-order valence-corrected chi connectivity index (χ3v) is 3.17. The summed E-state index contributed by atoms with van der Waals surface area (Å²) in [6.45, 7) is 0.165. The van der Waals surface area contributed by atoms with E-state index in [2.05, 4.69) is 21.2 Å². The second kappa shape index (κ2) is 7.19. The maximum absolute atomic E-state index is 12.1. The number of halogens is 1. The highest BCUT2D eigenvalue weighted by molar-refractivity contribution is 9.10. The normalized spacial score (nSPS) is 9.95. The van der Waals surface area contributed by atoms with Crippen molar-refractivity contribution in [3.63, 3.8) is 0 Å². The number of carbonyl (C=O) groups excluding carboxylic acids is 1. The van der Waals surface area contributed by atoms with Gasteiger partial charge in [0.2, 0.25) is 0 Å². The lowest BCUT2D eigenvalue weighted by Crippen LogP contribution is -2.18. The number of hydrogen-bond donors (Lipinski definition) is 2. The molecule has 0 heterocycles. The molecule has 2 aromatic rings. The lowest BCUT2D eigenvalue weighted by molar-refractivity contribution is 0.102. The van der Waals surface area contributed by atoms with Gasteiger partial charge in [0.1, 0.15) is 17.3 Å². The van der Waals surface area contributed by atoms with Crippen LogP contribution >= 0.6 is 28.1 Å². The number of hydrogen-bond acceptors (Lipinski definition) is 3. The van der Waals surface area contributed by atoms with Crippen LogP contribution in [0, 0.1) is 0 Å². The van der Waals surface area contributed by atoms with Gasteiger partial charge in [0.15, 0.2) is 0 Å². The number of nitrogens with two attached hydrogens (primary N) is 1. The molecule has 0 atom stereocenters. The first kappa shape index (κ1) is 15.5. The van der Waals surface area contributed by atoms with Gasteiger partial charge in [-0.3, -0.25) is 4.79 Å². The Hall–Kier alpha value is -1.92. The van der Waals surface area contributed by atoms with Crippen LogP contribution in [0.3, 0.4) is 0 Å². The zero-order chi connectivity index (χ0) is 15.2. The summed E-state index contributed by atoms with van der Waals surface area (Å²) >= 11 is 8.09. The third-order valence-electron chi connectivity index (χ3n) is 2.56. The van der Waals surface area contributed by atoms with E-state index in [1.165, 1.54) is 0 Å². The lowest BCUT2D eigenvalue weighted by Gasteiger charge is -2.09. The number of thiocarbonyl (C=S) groups is 1. The van der Waals surface area contributed by atoms with Crippen molar-refractivity contribution >= 4 is 44.7 Å². The molecule has 0 aliphatic rings. The Kier molecular flexibility index (Phi) is 5.30. The predicted molar refractivity (Wildman–Crippen MR) is 90.8 cm³/mol. The number of nitrogens with one attached hydrogen (secondary N) is 1. The highest BCUT2D eigenvalue weighted by Crippen LogP contribution is 2.19. The van der Waals surface area contributed by atoms with Crippen LogP contribution in [0.4, 0.5) is 5.69 Å². The van der Waals surface area contributed by atoms with Crippen molar-refractivity contribution in [1.82, 2.24) is 0 Å². The summed E-state index contributed by atoms with van der Waals surface area (Å²) in [5, 5.41) is 2.81. The second-order valence-electron chi connectivity index (χ2n) is 4.25. The van der Waals surface area contributed by atoms with Gasteiger partial charge in [-0.15, -0.1) is 0 Å². The fourth-order valence-electron chi connectivity index (χ4n) is 1.65. The minimum Gasteiger partial charge on any atom is -0.486 e. The van der Waals surface area contributed by atoms with Crippen LogP contribution in [-0.2, 0) is 0 Å². The molecule has 0 unspecified atom stereocenters. The van der Waals surface area contributed by atoms with Gasteiger partial charge in [-0.25, -0.2) is 0 Å². The van der Waals surface area contributed by atoms with Gasteiger partial charge in [-0.1, -0.05) is 40.3 Å². The van der Waals surface area contributed by atoms with Gasteiger partial charge in [0.25, 0.3) is 5.91 Å². The van der Waals surface area contributed by atoms with Crippen molar-refractivity contribution in [2.24, 2.45) is 5.73 Å². The molecule has 6 heteroatoms. The van der Waals surface area contributed by atoms with E-state index in [0.717, 1.165) is 4.47 Å². The summed E-state index contributed by atoms with van der Waals surface area (Å²) in [5.41, 5.74) is 6.59. The lowest BCUT2D eigenvalue weighted by atomic mass is 10.2. The SMILES string of the molecule is NC(=S)COc1cccc(NC(=O)c2cccc(Br)c2)c1. The van der Waals surface area contributed by atoms with Crippen molar-refractivity contribution in [2.45, 2.75) is 0 Å². The molecule has 2 rings (SSSR count). The largest absolute Gasteiger partial charge is 0.486 e. The minimum atomic E-state index is -0.192. The predicted octanol–water partition coefficient (Wildman–Crippen LogP) is 3.37. The summed E-state index contributed by atoms with van der Waals surface area (Å²) in [6, 6.07) is 14.2. The molecule has 0 fully saturated rings. The zero-order valence-corrected chi connectivity index (χ0v) is 13.4. The molecule has 4 nitrogen and oxygen atoms in total. The summed E-state index contributed by atoms with van der Waals surface area (Å²) < 4.78 is 6.24. The topological polar surface area (TPSA) is 64.3 Å². The Morgan fingerprint density at radius 1 is 1.24 bits per heavy atom. The van der Waals surface area contributed by atoms with Crippen LogP contribution < -0.4 is 15.8 Å². The molecule has 21 heavy (non-hydrogen) atoms. The fourth-order valence-corrected chi connectivity index (χ4v) is 2.11. The van der Waals surface area contributed by atoms with Crippen LogP contribution in [0.25, 0.3) is 0 Å². The molecule has 0 spiro atoms. The molecule has 1 amide bonds. The van der Waals surface area contributed by atoms with Crippen LogP contribution in [0.15, 0.2) is 53.0 Å². The number of carbonyl (C=O) groups is 1. The van der Waals surface area contributed by atoms with E-state index in [1.54, 1.807) is 42.5 Å². The van der Waals surface area contributed by atoms with E-state index in [4.69, 9.17) is 22.7 Å². The number of rotatable bonds is 5. The summed E-state index contributed by atoms with van der Waals surface area (Å²) in [7, 11) is 0. The average molecular weight is 365 g/mol. The Balaban J connectivity index is 2.07. The van der Waals surface area contributed by atoms with Gasteiger partial charge in [0.05, 0.1) is 0 Å². The van der Waals surface area contributed by atoms with Crippen LogP contribution in [0.5, 0.6) is 5.75 Å². The molecular formula is C15H13BrN2O2S. The number of anilines is 1. The number of amides is 1. The number of ether oxygens (including phenoxy) is 1. The monoisotopic (exact) mass is 364 g/mol. The van der Waals surface area contributed by atoms with Gasteiger partial charge in [-0.05, 0) is 30.3 Å². The van der Waals surface area contributed by atoms with E-state index in [-0.39, 0.29) is 17.5 Å². The first-order valence-electron chi connectivity index (χ1n) is 6.12. The smallest absolute Gasteiger partial charge is 0.255 e. The Morgan fingerprint density at radius 3 is 2.71 bits per heavy atom. The molecular weight excluding hydrogens is 352 g/mol. The molecule has 2 aromatic carbocycles. The molecule has 3 N–H and O–H groups in total. The maximum atomic E-state index is 12.1. The molecule has 0 aliphatic heterocycles. The summed E-state index contributed by atoms with van der Waals surface area (Å²) in [5.74, 6) is 0.401. The van der Waals surface area contributed by atoms with Crippen molar-refractivity contribution < 1.29 is 9.53 Å². The van der Waals surface area contributed by atoms with Gasteiger partial charge >= 0.3 is 0 Å². The first-order valence-corrected chi connectivity index (χ1v) is 7.33. The third kappa shape index (κ3) is 4.84. The van der Waals surface area contributed by atoms with E-state index in [0.29, 0.717) is 17.0 Å². The zero-order valence-electron chi connectivity index (χ0n) is 11.0. The van der Waals surface area contributed by atoms with Crippen molar-refractivity contribution in [3.8, 4) is 5.75 Å². The van der Waals surface area contributed by atoms with E-state index < -0.39 is 0 Å². The Bertz CT molecular complexity index is 676. The maximum Gasteiger partial charge on any atom is 0.255 e. The highest BCUT2D eigenvalue weighted by Gasteiger charge is 2.07. The average Bonchev–Trinajstić information content (AvgIpc) is 2.45. The van der Waals surface area contributed by atoms with Crippen LogP contribution in [0.1, 0.15) is 10.4 Å². The second-order valence-corrected chi connectivity index (χ2v) is 5.69. The standard InChI is InChI=1S/C15H13BrN2O2S/c16-11-4-1-3-10(7-11)15(19)18-12-5-2-6-13(8-12)20-9-14(17)21/h1-8H,9H2,(H2,17,21)(H,18,19).